The van der Waals surface area contributed by atoms with E-state index in [9.17, 15) is 21.6 Å². The fraction of sp³-hybridized carbons (Fsp3) is 0.538. The summed E-state index contributed by atoms with van der Waals surface area (Å²) in [4.78, 5) is 4.03. The summed E-state index contributed by atoms with van der Waals surface area (Å²) in [6, 6.07) is 5.19. The SMILES string of the molecule is N#Cc1ccc(NCC2CCN(S(=O)(=O)C(F)(F)F)CC2)nc1. The molecule has 2 heterocycles. The number of aromatic nitrogens is 1. The fourth-order valence-electron chi connectivity index (χ4n) is 2.31. The summed E-state index contributed by atoms with van der Waals surface area (Å²) < 4.78 is 60.5. The van der Waals surface area contributed by atoms with E-state index in [0.717, 1.165) is 0 Å². The standard InChI is InChI=1S/C13H15F3N4O2S/c14-13(15,16)23(21,22)20-5-3-10(4-6-20)8-18-12-2-1-11(7-17)9-19-12/h1-2,9-10H,3-6,8H2,(H,18,19). The number of sulfonamides is 1. The molecule has 0 aromatic carbocycles. The van der Waals surface area contributed by atoms with E-state index in [1.165, 1.54) is 6.20 Å². The number of nitrogens with one attached hydrogen (secondary N) is 1. The lowest BCUT2D eigenvalue weighted by Gasteiger charge is -2.31. The van der Waals surface area contributed by atoms with Crippen molar-refractivity contribution < 1.29 is 21.6 Å². The number of hydrogen-bond donors (Lipinski definition) is 1. The van der Waals surface area contributed by atoms with Crippen LogP contribution in [0.5, 0.6) is 0 Å². The number of nitrogens with zero attached hydrogens (tertiary/aromatic N) is 3. The van der Waals surface area contributed by atoms with Crippen LogP contribution in [0.1, 0.15) is 18.4 Å². The van der Waals surface area contributed by atoms with Crippen LogP contribution < -0.4 is 5.32 Å². The number of nitriles is 1. The smallest absolute Gasteiger partial charge is 0.370 e. The highest BCUT2D eigenvalue weighted by atomic mass is 32.2. The lowest BCUT2D eigenvalue weighted by atomic mass is 9.98. The summed E-state index contributed by atoms with van der Waals surface area (Å²) in [7, 11) is -5.23. The van der Waals surface area contributed by atoms with Gasteiger partial charge in [-0.05, 0) is 30.9 Å². The third-order valence-electron chi connectivity index (χ3n) is 3.67. The summed E-state index contributed by atoms with van der Waals surface area (Å²) in [5.41, 5.74) is -4.81. The van der Waals surface area contributed by atoms with Crippen LogP contribution in [0, 0.1) is 17.2 Å². The van der Waals surface area contributed by atoms with Gasteiger partial charge in [-0.25, -0.2) is 13.4 Å². The first-order valence-electron chi connectivity index (χ1n) is 6.90. The number of piperidine rings is 1. The molecule has 1 aliphatic rings. The average Bonchev–Trinajstić information content (AvgIpc) is 2.53. The van der Waals surface area contributed by atoms with Gasteiger partial charge < -0.3 is 5.32 Å². The molecule has 23 heavy (non-hydrogen) atoms. The Bertz CT molecular complexity index is 675. The van der Waals surface area contributed by atoms with Crippen molar-refractivity contribution in [3.8, 4) is 6.07 Å². The Kier molecular flexibility index (Phi) is 5.11. The molecule has 2 rings (SSSR count). The van der Waals surface area contributed by atoms with Crippen LogP contribution in [0.2, 0.25) is 0 Å². The molecule has 1 fully saturated rings. The molecule has 0 aliphatic carbocycles. The minimum Gasteiger partial charge on any atom is -0.370 e. The van der Waals surface area contributed by atoms with Gasteiger partial charge >= 0.3 is 15.5 Å². The first-order valence-corrected chi connectivity index (χ1v) is 8.34. The zero-order valence-electron chi connectivity index (χ0n) is 12.0. The van der Waals surface area contributed by atoms with E-state index in [0.29, 0.717) is 35.1 Å². The fourth-order valence-corrected chi connectivity index (χ4v) is 3.30. The van der Waals surface area contributed by atoms with Crippen LogP contribution in [-0.2, 0) is 10.0 Å². The van der Waals surface area contributed by atoms with Crippen molar-refractivity contribution in [3.05, 3.63) is 23.9 Å². The quantitative estimate of drug-likeness (QED) is 0.898. The molecule has 1 saturated heterocycles. The lowest BCUT2D eigenvalue weighted by Crippen LogP contribution is -2.45. The Hall–Kier alpha value is -1.86. The summed E-state index contributed by atoms with van der Waals surface area (Å²) >= 11 is 0. The van der Waals surface area contributed by atoms with E-state index < -0.39 is 15.5 Å². The van der Waals surface area contributed by atoms with Crippen LogP contribution in [0.15, 0.2) is 18.3 Å². The molecule has 1 aliphatic heterocycles. The van der Waals surface area contributed by atoms with Crippen LogP contribution in [-0.4, -0.2) is 42.8 Å². The van der Waals surface area contributed by atoms with Crippen molar-refractivity contribution in [3.63, 3.8) is 0 Å². The molecule has 1 N–H and O–H groups in total. The third-order valence-corrected chi connectivity index (χ3v) is 5.30. The van der Waals surface area contributed by atoms with Crippen molar-refractivity contribution in [2.75, 3.05) is 25.0 Å². The predicted octanol–water partition coefficient (Wildman–Crippen LogP) is 1.93. The van der Waals surface area contributed by atoms with E-state index in [2.05, 4.69) is 10.3 Å². The summed E-state index contributed by atoms with van der Waals surface area (Å²) in [6.45, 7) is 0.197. The van der Waals surface area contributed by atoms with Crippen LogP contribution >= 0.6 is 0 Å². The second-order valence-corrected chi connectivity index (χ2v) is 7.15. The third kappa shape index (κ3) is 4.11. The van der Waals surface area contributed by atoms with Crippen molar-refractivity contribution in [2.24, 2.45) is 5.92 Å². The second kappa shape index (κ2) is 6.72. The highest BCUT2D eigenvalue weighted by molar-refractivity contribution is 7.90. The lowest BCUT2D eigenvalue weighted by molar-refractivity contribution is -0.0496. The molecule has 0 amide bonds. The molecule has 126 valence electrons. The number of anilines is 1. The van der Waals surface area contributed by atoms with Crippen molar-refractivity contribution in [1.29, 1.82) is 5.26 Å². The molecule has 1 aromatic heterocycles. The van der Waals surface area contributed by atoms with Crippen molar-refractivity contribution in [1.82, 2.24) is 9.29 Å². The molecule has 1 aromatic rings. The molecule has 10 heteroatoms. The molecular formula is C13H15F3N4O2S. The van der Waals surface area contributed by atoms with Crippen molar-refractivity contribution >= 4 is 15.8 Å². The van der Waals surface area contributed by atoms with Gasteiger partial charge in [-0.15, -0.1) is 0 Å². The van der Waals surface area contributed by atoms with Gasteiger partial charge in [-0.3, -0.25) is 0 Å². The molecule has 0 spiro atoms. The van der Waals surface area contributed by atoms with Gasteiger partial charge in [0.2, 0.25) is 0 Å². The van der Waals surface area contributed by atoms with E-state index >= 15 is 0 Å². The Labute approximate surface area is 132 Å². The minimum atomic E-state index is -5.25. The largest absolute Gasteiger partial charge is 0.511 e. The number of alkyl halides is 3. The van der Waals surface area contributed by atoms with Crippen molar-refractivity contribution in [2.45, 2.75) is 18.3 Å². The number of hydrogen-bond acceptors (Lipinski definition) is 5. The second-order valence-electron chi connectivity index (χ2n) is 5.22. The number of halogens is 3. The van der Waals surface area contributed by atoms with Crippen LogP contribution in [0.25, 0.3) is 0 Å². The molecule has 0 radical (unpaired) electrons. The topological polar surface area (TPSA) is 86.1 Å². The Balaban J connectivity index is 1.84. The summed E-state index contributed by atoms with van der Waals surface area (Å²) in [5.74, 6) is 0.626. The zero-order chi connectivity index (χ0) is 17.1. The molecule has 6 nitrogen and oxygen atoms in total. The van der Waals surface area contributed by atoms with Gasteiger partial charge in [0.15, 0.2) is 0 Å². The van der Waals surface area contributed by atoms with E-state index in [1.54, 1.807) is 12.1 Å². The zero-order valence-corrected chi connectivity index (χ0v) is 12.9. The van der Waals surface area contributed by atoms with Gasteiger partial charge in [-0.2, -0.15) is 22.7 Å². The Morgan fingerprint density at radius 2 is 2.00 bits per heavy atom. The van der Waals surface area contributed by atoms with Crippen LogP contribution in [0.4, 0.5) is 19.0 Å². The molecule has 0 atom stereocenters. The number of rotatable bonds is 4. The van der Waals surface area contributed by atoms with Gasteiger partial charge in [0.25, 0.3) is 0 Å². The first kappa shape index (κ1) is 17.5. The van der Waals surface area contributed by atoms with E-state index in [-0.39, 0.29) is 19.0 Å². The van der Waals surface area contributed by atoms with Gasteiger partial charge in [0, 0.05) is 25.8 Å². The van der Waals surface area contributed by atoms with E-state index in [1.807, 2.05) is 6.07 Å². The first-order chi connectivity index (χ1) is 10.7. The predicted molar refractivity (Wildman–Crippen MR) is 76.7 cm³/mol. The monoisotopic (exact) mass is 348 g/mol. The van der Waals surface area contributed by atoms with E-state index in [4.69, 9.17) is 5.26 Å². The van der Waals surface area contributed by atoms with Gasteiger partial charge in [0.05, 0.1) is 5.56 Å². The molecule has 0 unspecified atom stereocenters. The molecule has 0 saturated carbocycles. The highest BCUT2D eigenvalue weighted by Crippen LogP contribution is 2.30. The minimum absolute atomic E-state index is 0.0622. The van der Waals surface area contributed by atoms with Gasteiger partial charge in [0.1, 0.15) is 11.9 Å². The summed E-state index contributed by atoms with van der Waals surface area (Å²) in [5, 5.41) is 11.7. The maximum Gasteiger partial charge on any atom is 0.511 e. The molecule has 0 bridgehead atoms. The van der Waals surface area contributed by atoms with Gasteiger partial charge in [-0.1, -0.05) is 0 Å². The average molecular weight is 348 g/mol. The normalized spacial score (nSPS) is 17.7. The molecular weight excluding hydrogens is 333 g/mol. The maximum atomic E-state index is 12.5. The number of pyridine rings is 1. The van der Waals surface area contributed by atoms with Crippen LogP contribution in [0.3, 0.4) is 0 Å². The highest BCUT2D eigenvalue weighted by Gasteiger charge is 2.50. The summed E-state index contributed by atoms with van der Waals surface area (Å²) in [6.07, 6.45) is 2.11. The Morgan fingerprint density at radius 3 is 2.48 bits per heavy atom. The Morgan fingerprint density at radius 1 is 1.35 bits per heavy atom. The maximum absolute atomic E-state index is 12.5.